The molecule has 0 spiro atoms. The van der Waals surface area contributed by atoms with Crippen LogP contribution in [0, 0.1) is 17.8 Å². The van der Waals surface area contributed by atoms with E-state index in [0.29, 0.717) is 54.1 Å². The van der Waals surface area contributed by atoms with Crippen LogP contribution < -0.4 is 16.0 Å². The van der Waals surface area contributed by atoms with Gasteiger partial charge in [-0.2, -0.15) is 0 Å². The maximum Gasteiger partial charge on any atom is 0.251 e. The van der Waals surface area contributed by atoms with Gasteiger partial charge in [0.05, 0.1) is 0 Å². The Morgan fingerprint density at radius 1 is 0.472 bits per heavy atom. The predicted octanol–water partition coefficient (Wildman–Crippen LogP) is 5.62. The van der Waals surface area contributed by atoms with Crippen LogP contribution in [0.15, 0.2) is 18.2 Å². The molecule has 3 aliphatic carbocycles. The van der Waals surface area contributed by atoms with Gasteiger partial charge in [0, 0.05) is 36.3 Å². The summed E-state index contributed by atoms with van der Waals surface area (Å²) >= 11 is 0. The normalized spacial score (nSPS) is 20.0. The lowest BCUT2D eigenvalue weighted by atomic mass is 9.89. The number of nitrogens with one attached hydrogen (secondary N) is 3. The molecule has 0 heterocycles. The van der Waals surface area contributed by atoms with Gasteiger partial charge in [-0.25, -0.2) is 0 Å². The van der Waals surface area contributed by atoms with Gasteiger partial charge in [0.15, 0.2) is 0 Å². The molecule has 0 unspecified atom stereocenters. The van der Waals surface area contributed by atoms with Crippen LogP contribution in [0.1, 0.15) is 127 Å². The second kappa shape index (κ2) is 13.8. The summed E-state index contributed by atoms with van der Waals surface area (Å²) in [5, 5.41) is 9.20. The van der Waals surface area contributed by atoms with Crippen molar-refractivity contribution < 1.29 is 14.4 Å². The van der Waals surface area contributed by atoms with E-state index < -0.39 is 0 Å². The van der Waals surface area contributed by atoms with Crippen LogP contribution in [0.2, 0.25) is 0 Å². The maximum absolute atomic E-state index is 13.1. The third kappa shape index (κ3) is 8.07. The summed E-state index contributed by atoms with van der Waals surface area (Å²) in [5.41, 5.74) is 1.16. The van der Waals surface area contributed by atoms with Crippen molar-refractivity contribution in [3.63, 3.8) is 0 Å². The molecule has 3 N–H and O–H groups in total. The van der Waals surface area contributed by atoms with Gasteiger partial charge in [-0.05, 0) is 74.5 Å². The Bertz CT molecular complexity index is 755. The largest absolute Gasteiger partial charge is 0.352 e. The molecule has 3 saturated carbocycles. The van der Waals surface area contributed by atoms with Crippen molar-refractivity contribution in [2.45, 2.75) is 96.3 Å². The van der Waals surface area contributed by atoms with E-state index in [2.05, 4.69) is 16.0 Å². The van der Waals surface area contributed by atoms with E-state index in [1.54, 1.807) is 18.2 Å². The first kappa shape index (κ1) is 26.7. The summed E-state index contributed by atoms with van der Waals surface area (Å²) in [4.78, 5) is 39.2. The van der Waals surface area contributed by atoms with Gasteiger partial charge in [-0.3, -0.25) is 14.4 Å². The monoisotopic (exact) mass is 495 g/mol. The molecule has 0 aliphatic heterocycles. The van der Waals surface area contributed by atoms with Crippen molar-refractivity contribution >= 4 is 17.7 Å². The van der Waals surface area contributed by atoms with Gasteiger partial charge in [0.2, 0.25) is 0 Å². The summed E-state index contributed by atoms with van der Waals surface area (Å²) in [5.74, 6) is 0.935. The quantitative estimate of drug-likeness (QED) is 0.416. The molecule has 0 aromatic heterocycles. The Kier molecular flexibility index (Phi) is 10.2. The van der Waals surface area contributed by atoms with E-state index in [0.717, 1.165) is 38.5 Å². The minimum atomic E-state index is -0.205. The fourth-order valence-corrected chi connectivity index (χ4v) is 6.21. The highest BCUT2D eigenvalue weighted by molar-refractivity contribution is 6.04. The van der Waals surface area contributed by atoms with Gasteiger partial charge in [0.1, 0.15) is 0 Å². The molecule has 3 aliphatic rings. The number of hydrogen-bond donors (Lipinski definition) is 3. The number of carbonyl (C=O) groups excluding carboxylic acids is 3. The minimum absolute atomic E-state index is 0.205. The fraction of sp³-hybridized carbons (Fsp3) is 0.700. The molecular formula is C30H45N3O3. The zero-order chi connectivity index (χ0) is 25.2. The second-order valence-electron chi connectivity index (χ2n) is 11.4. The molecule has 36 heavy (non-hydrogen) atoms. The SMILES string of the molecule is O=C(NCC1CCCCC1)c1cc(C(=O)NCC2CCCCC2)cc(C(=O)NCC2CCCCC2)c1. The molecule has 6 nitrogen and oxygen atoms in total. The lowest BCUT2D eigenvalue weighted by molar-refractivity contribution is 0.0943. The van der Waals surface area contributed by atoms with Crippen molar-refractivity contribution in [1.29, 1.82) is 0 Å². The van der Waals surface area contributed by atoms with E-state index in [9.17, 15) is 14.4 Å². The maximum atomic E-state index is 13.1. The lowest BCUT2D eigenvalue weighted by Gasteiger charge is -2.23. The average molecular weight is 496 g/mol. The van der Waals surface area contributed by atoms with Crippen molar-refractivity contribution in [3.05, 3.63) is 34.9 Å². The standard InChI is InChI=1S/C30H45N3O3/c34-28(31-19-22-10-4-1-5-11-22)25-16-26(29(35)32-20-23-12-6-2-7-13-23)18-27(17-25)30(36)33-21-24-14-8-3-9-15-24/h16-18,22-24H,1-15,19-21H2,(H,31,34)(H,32,35)(H,33,36). The van der Waals surface area contributed by atoms with Crippen molar-refractivity contribution in [2.24, 2.45) is 17.8 Å². The molecule has 0 radical (unpaired) electrons. The van der Waals surface area contributed by atoms with Gasteiger partial charge in [-0.1, -0.05) is 57.8 Å². The zero-order valence-electron chi connectivity index (χ0n) is 21.9. The Labute approximate surface area is 216 Å². The summed E-state index contributed by atoms with van der Waals surface area (Å²) < 4.78 is 0. The van der Waals surface area contributed by atoms with E-state index in [4.69, 9.17) is 0 Å². The average Bonchev–Trinajstić information content (AvgIpc) is 2.94. The molecule has 1 aromatic carbocycles. The molecule has 3 amide bonds. The summed E-state index contributed by atoms with van der Waals surface area (Å²) in [6.07, 6.45) is 18.1. The molecule has 3 fully saturated rings. The summed E-state index contributed by atoms with van der Waals surface area (Å²) in [7, 11) is 0. The van der Waals surface area contributed by atoms with Crippen LogP contribution in [0.5, 0.6) is 0 Å². The first-order valence-corrected chi connectivity index (χ1v) is 14.6. The zero-order valence-corrected chi connectivity index (χ0v) is 21.9. The van der Waals surface area contributed by atoms with Crippen molar-refractivity contribution in [2.75, 3.05) is 19.6 Å². The Morgan fingerprint density at radius 2 is 0.722 bits per heavy atom. The van der Waals surface area contributed by atoms with Gasteiger partial charge in [-0.15, -0.1) is 0 Å². The van der Waals surface area contributed by atoms with Gasteiger partial charge in [0.25, 0.3) is 17.7 Å². The molecule has 6 heteroatoms. The van der Waals surface area contributed by atoms with Crippen LogP contribution >= 0.6 is 0 Å². The minimum Gasteiger partial charge on any atom is -0.352 e. The molecule has 0 atom stereocenters. The van der Waals surface area contributed by atoms with Gasteiger partial charge >= 0.3 is 0 Å². The topological polar surface area (TPSA) is 87.3 Å². The number of hydrogen-bond acceptors (Lipinski definition) is 3. The third-order valence-electron chi connectivity index (χ3n) is 8.55. The molecule has 0 saturated heterocycles. The van der Waals surface area contributed by atoms with Gasteiger partial charge < -0.3 is 16.0 Å². The highest BCUT2D eigenvalue weighted by atomic mass is 16.2. The fourth-order valence-electron chi connectivity index (χ4n) is 6.21. The summed E-state index contributed by atoms with van der Waals surface area (Å²) in [6.45, 7) is 1.96. The lowest BCUT2D eigenvalue weighted by Crippen LogP contribution is -2.33. The second-order valence-corrected chi connectivity index (χ2v) is 11.4. The Balaban J connectivity index is 1.43. The molecule has 0 bridgehead atoms. The van der Waals surface area contributed by atoms with Crippen molar-refractivity contribution in [3.8, 4) is 0 Å². The first-order chi connectivity index (χ1) is 17.6. The summed E-state index contributed by atoms with van der Waals surface area (Å²) in [6, 6.07) is 4.93. The van der Waals surface area contributed by atoms with Crippen LogP contribution in [0.3, 0.4) is 0 Å². The van der Waals surface area contributed by atoms with E-state index in [-0.39, 0.29) is 17.7 Å². The highest BCUT2D eigenvalue weighted by Gasteiger charge is 2.21. The molecule has 4 rings (SSSR count). The third-order valence-corrected chi connectivity index (χ3v) is 8.55. The smallest absolute Gasteiger partial charge is 0.251 e. The van der Waals surface area contributed by atoms with Crippen LogP contribution in [0.25, 0.3) is 0 Å². The van der Waals surface area contributed by atoms with Crippen LogP contribution in [-0.4, -0.2) is 37.4 Å². The highest BCUT2D eigenvalue weighted by Crippen LogP contribution is 2.25. The van der Waals surface area contributed by atoms with E-state index in [1.165, 1.54) is 57.8 Å². The number of rotatable bonds is 9. The molecular weight excluding hydrogens is 450 g/mol. The molecule has 198 valence electrons. The Morgan fingerprint density at radius 3 is 0.972 bits per heavy atom. The van der Waals surface area contributed by atoms with Crippen molar-refractivity contribution in [1.82, 2.24) is 16.0 Å². The van der Waals surface area contributed by atoms with Crippen LogP contribution in [0.4, 0.5) is 0 Å². The van der Waals surface area contributed by atoms with E-state index in [1.807, 2.05) is 0 Å². The number of carbonyl (C=O) groups is 3. The van der Waals surface area contributed by atoms with Crippen LogP contribution in [-0.2, 0) is 0 Å². The predicted molar refractivity (Wildman–Crippen MR) is 143 cm³/mol. The number of amides is 3. The Hall–Kier alpha value is -2.37. The first-order valence-electron chi connectivity index (χ1n) is 14.6. The van der Waals surface area contributed by atoms with E-state index >= 15 is 0 Å². The molecule has 1 aromatic rings. The number of benzene rings is 1.